The summed E-state index contributed by atoms with van der Waals surface area (Å²) < 4.78 is 0. The zero-order valence-electron chi connectivity index (χ0n) is 28.8. The summed E-state index contributed by atoms with van der Waals surface area (Å²) >= 11 is 0. The van der Waals surface area contributed by atoms with Gasteiger partial charge in [-0.1, -0.05) is 60.7 Å². The van der Waals surface area contributed by atoms with Crippen molar-refractivity contribution in [3.63, 3.8) is 0 Å². The number of hydrogen-bond acceptors (Lipinski definition) is 2. The smallest absolute Gasteiger partial charge is 0.0511 e. The average molecular weight is 615 g/mol. The molecule has 2 heteroatoms. The van der Waals surface area contributed by atoms with Crippen LogP contribution >= 0.6 is 0 Å². The fraction of sp³-hybridized carbons (Fsp3) is 0.244. The molecule has 0 saturated heterocycles. The predicted molar refractivity (Wildman–Crippen MR) is 202 cm³/mol. The van der Waals surface area contributed by atoms with Gasteiger partial charge in [-0.25, -0.2) is 0 Å². The van der Waals surface area contributed by atoms with E-state index in [9.17, 15) is 0 Å². The molecule has 2 aliphatic carbocycles. The Morgan fingerprint density at radius 3 is 1.94 bits per heavy atom. The van der Waals surface area contributed by atoms with Crippen molar-refractivity contribution in [2.24, 2.45) is 0 Å². The number of allylic oxidation sites excluding steroid dienone is 3. The number of nitrogens with zero attached hydrogens (tertiary/aromatic N) is 2. The summed E-state index contributed by atoms with van der Waals surface area (Å²) in [6, 6.07) is 34.3. The highest BCUT2D eigenvalue weighted by molar-refractivity contribution is 5.88. The number of fused-ring (bicyclic) bond motifs is 1. The largest absolute Gasteiger partial charge is 0.311 e. The van der Waals surface area contributed by atoms with Crippen molar-refractivity contribution in [3.05, 3.63) is 159 Å². The van der Waals surface area contributed by atoms with Gasteiger partial charge in [-0.15, -0.1) is 0 Å². The lowest BCUT2D eigenvalue weighted by Crippen LogP contribution is -2.17. The summed E-state index contributed by atoms with van der Waals surface area (Å²) in [5.41, 5.74) is 20.8. The molecule has 5 aromatic rings. The predicted octanol–water partition coefficient (Wildman–Crippen LogP) is 12.5. The second kappa shape index (κ2) is 12.8. The van der Waals surface area contributed by atoms with Gasteiger partial charge in [-0.2, -0.15) is 0 Å². The van der Waals surface area contributed by atoms with E-state index in [4.69, 9.17) is 0 Å². The highest BCUT2D eigenvalue weighted by atomic mass is 15.2. The zero-order chi connectivity index (χ0) is 32.7. The molecular weight excluding hydrogens is 569 g/mol. The van der Waals surface area contributed by atoms with Crippen molar-refractivity contribution >= 4 is 28.4 Å². The maximum atomic E-state index is 2.51. The van der Waals surface area contributed by atoms with Crippen LogP contribution in [0.2, 0.25) is 0 Å². The van der Waals surface area contributed by atoms with Gasteiger partial charge >= 0.3 is 0 Å². The monoisotopic (exact) mass is 614 g/mol. The van der Waals surface area contributed by atoms with Gasteiger partial charge in [0.05, 0.1) is 5.69 Å². The summed E-state index contributed by atoms with van der Waals surface area (Å²) in [5, 5.41) is 0. The zero-order valence-corrected chi connectivity index (χ0v) is 28.8. The SMILES string of the molecule is Cc1cccc(N(C2=CCC=C2)c2ccc(C)c(N(c3cccc(C)c3)c3cc(C)cc(-c4c(C)ccc5c4CCCC5)c3C)c2)c1. The van der Waals surface area contributed by atoms with E-state index < -0.39 is 0 Å². The van der Waals surface area contributed by atoms with E-state index in [-0.39, 0.29) is 0 Å². The first kappa shape index (κ1) is 30.8. The molecule has 47 heavy (non-hydrogen) atoms. The van der Waals surface area contributed by atoms with E-state index in [0.717, 1.165) is 18.5 Å². The van der Waals surface area contributed by atoms with Gasteiger partial charge in [-0.05, 0) is 178 Å². The number of aryl methyl sites for hydroxylation is 6. The Bertz CT molecular complexity index is 2040. The van der Waals surface area contributed by atoms with Crippen LogP contribution in [0, 0.1) is 41.5 Å². The van der Waals surface area contributed by atoms with Gasteiger partial charge in [0.1, 0.15) is 0 Å². The second-order valence-electron chi connectivity index (χ2n) is 13.6. The number of hydrogen-bond donors (Lipinski definition) is 0. The Morgan fingerprint density at radius 2 is 1.23 bits per heavy atom. The first-order valence-electron chi connectivity index (χ1n) is 17.2. The number of anilines is 5. The summed E-state index contributed by atoms with van der Waals surface area (Å²) in [7, 11) is 0. The lowest BCUT2D eigenvalue weighted by atomic mass is 9.82. The topological polar surface area (TPSA) is 6.48 Å². The van der Waals surface area contributed by atoms with Crippen LogP contribution in [0.15, 0.2) is 115 Å². The molecule has 2 nitrogen and oxygen atoms in total. The van der Waals surface area contributed by atoms with Crippen molar-refractivity contribution < 1.29 is 0 Å². The van der Waals surface area contributed by atoms with Gasteiger partial charge in [0.15, 0.2) is 0 Å². The van der Waals surface area contributed by atoms with Gasteiger partial charge < -0.3 is 9.80 Å². The Morgan fingerprint density at radius 1 is 0.553 bits per heavy atom. The fourth-order valence-corrected chi connectivity index (χ4v) is 7.63. The normalized spacial score (nSPS) is 13.8. The molecule has 0 spiro atoms. The molecule has 0 aromatic heterocycles. The molecule has 0 atom stereocenters. The van der Waals surface area contributed by atoms with Crippen LogP contribution in [0.1, 0.15) is 63.8 Å². The Hall–Kier alpha value is -4.82. The van der Waals surface area contributed by atoms with E-state index in [2.05, 4.69) is 161 Å². The molecule has 0 N–H and O–H groups in total. The maximum absolute atomic E-state index is 2.51. The molecule has 0 fully saturated rings. The summed E-state index contributed by atoms with van der Waals surface area (Å²) in [6.45, 7) is 13.5. The van der Waals surface area contributed by atoms with Crippen LogP contribution in [0.3, 0.4) is 0 Å². The van der Waals surface area contributed by atoms with Gasteiger partial charge in [0, 0.05) is 28.4 Å². The van der Waals surface area contributed by atoms with E-state index >= 15 is 0 Å². The van der Waals surface area contributed by atoms with Crippen molar-refractivity contribution in [1.82, 2.24) is 0 Å². The first-order chi connectivity index (χ1) is 22.8. The number of rotatable bonds is 7. The number of benzene rings is 5. The van der Waals surface area contributed by atoms with Crippen molar-refractivity contribution in [2.45, 2.75) is 73.6 Å². The van der Waals surface area contributed by atoms with E-state index in [0.29, 0.717) is 0 Å². The molecule has 236 valence electrons. The van der Waals surface area contributed by atoms with Crippen LogP contribution in [0.4, 0.5) is 28.4 Å². The lowest BCUT2D eigenvalue weighted by Gasteiger charge is -2.33. The summed E-state index contributed by atoms with van der Waals surface area (Å²) in [4.78, 5) is 4.91. The second-order valence-corrected chi connectivity index (χ2v) is 13.6. The molecule has 0 bridgehead atoms. The third-order valence-corrected chi connectivity index (χ3v) is 10.00. The van der Waals surface area contributed by atoms with Crippen LogP contribution in [0.25, 0.3) is 11.1 Å². The average Bonchev–Trinajstić information content (AvgIpc) is 3.59. The van der Waals surface area contributed by atoms with Gasteiger partial charge in [-0.3, -0.25) is 0 Å². The minimum absolute atomic E-state index is 0.958. The molecule has 7 rings (SSSR count). The maximum Gasteiger partial charge on any atom is 0.0511 e. The standard InChI is InChI=1S/C45H46N2/c1-30-13-11-18-38(25-30)46(37-16-8-9-17-37)40-24-22-33(4)43(29-40)47(39-19-12-14-31(2)26-39)44-28-32(3)27-42(35(44)6)45-34(5)21-23-36-15-7-10-20-41(36)45/h8,11-14,16-19,21-29H,7,9-10,15,20H2,1-6H3. The van der Waals surface area contributed by atoms with E-state index in [1.807, 2.05) is 0 Å². The minimum atomic E-state index is 0.958. The molecule has 0 aliphatic heterocycles. The molecule has 0 unspecified atom stereocenters. The quantitative estimate of drug-likeness (QED) is 0.180. The van der Waals surface area contributed by atoms with Crippen LogP contribution in [0.5, 0.6) is 0 Å². The molecule has 0 saturated carbocycles. The first-order valence-corrected chi connectivity index (χ1v) is 17.2. The van der Waals surface area contributed by atoms with Gasteiger partial charge in [0.2, 0.25) is 0 Å². The van der Waals surface area contributed by atoms with E-state index in [1.165, 1.54) is 97.8 Å². The van der Waals surface area contributed by atoms with Crippen LogP contribution < -0.4 is 9.80 Å². The van der Waals surface area contributed by atoms with Crippen molar-refractivity contribution in [3.8, 4) is 11.1 Å². The molecule has 0 radical (unpaired) electrons. The highest BCUT2D eigenvalue weighted by Gasteiger charge is 2.24. The Balaban J connectivity index is 1.46. The Labute approximate surface area is 281 Å². The molecule has 0 amide bonds. The minimum Gasteiger partial charge on any atom is -0.311 e. The van der Waals surface area contributed by atoms with Gasteiger partial charge in [0.25, 0.3) is 0 Å². The van der Waals surface area contributed by atoms with Crippen molar-refractivity contribution in [2.75, 3.05) is 9.80 Å². The summed E-state index contributed by atoms with van der Waals surface area (Å²) in [6.07, 6.45) is 12.7. The Kier molecular flexibility index (Phi) is 8.37. The lowest BCUT2D eigenvalue weighted by molar-refractivity contribution is 0.686. The molecule has 5 aromatic carbocycles. The highest BCUT2D eigenvalue weighted by Crippen LogP contribution is 2.46. The molecule has 0 heterocycles. The third kappa shape index (κ3) is 5.94. The van der Waals surface area contributed by atoms with Crippen LogP contribution in [-0.2, 0) is 12.8 Å². The van der Waals surface area contributed by atoms with E-state index in [1.54, 1.807) is 5.56 Å². The fourth-order valence-electron chi connectivity index (χ4n) is 7.63. The molecular formula is C45H46N2. The third-order valence-electron chi connectivity index (χ3n) is 10.00. The van der Waals surface area contributed by atoms with Crippen LogP contribution in [-0.4, -0.2) is 0 Å². The summed E-state index contributed by atoms with van der Waals surface area (Å²) in [5.74, 6) is 0. The van der Waals surface area contributed by atoms with Crippen molar-refractivity contribution in [1.29, 1.82) is 0 Å². The molecule has 2 aliphatic rings.